The van der Waals surface area contributed by atoms with Crippen LogP contribution < -0.4 is 0 Å². The Morgan fingerprint density at radius 2 is 1.33 bits per heavy atom. The highest BCUT2D eigenvalue weighted by Crippen LogP contribution is 2.04. The Labute approximate surface area is 89.6 Å². The summed E-state index contributed by atoms with van der Waals surface area (Å²) in [5.41, 5.74) is 0. The molecule has 0 fully saturated rings. The molecule has 88 valence electrons. The molecule has 0 bridgehead atoms. The highest BCUT2D eigenvalue weighted by molar-refractivity contribution is 4.78. The lowest BCUT2D eigenvalue weighted by Gasteiger charge is -2.20. The second-order valence-corrected chi connectivity index (χ2v) is 2.53. The zero-order valence-corrected chi connectivity index (χ0v) is 8.67. The Bertz CT molecular complexity index is 153. The number of hydrogen-bond acceptors (Lipinski definition) is 5. The van der Waals surface area contributed by atoms with Crippen molar-refractivity contribution in [3.63, 3.8) is 0 Å². The Hall–Kier alpha value is -0.720. The first-order chi connectivity index (χ1) is 7.28. The van der Waals surface area contributed by atoms with Crippen molar-refractivity contribution < 1.29 is 24.4 Å². The summed E-state index contributed by atoms with van der Waals surface area (Å²) in [5, 5.41) is 17.1. The fraction of sp³-hybridized carbons (Fsp3) is 0.600. The standard InChI is InChI=1S/C10H18O5/c1-3-9(13-7-5-11)15-10(4-2)14-8-6-12/h3-4,9-12H,1-2,5-8H2. The van der Waals surface area contributed by atoms with Gasteiger partial charge in [-0.25, -0.2) is 0 Å². The molecule has 0 saturated carbocycles. The van der Waals surface area contributed by atoms with E-state index in [-0.39, 0.29) is 26.4 Å². The molecule has 5 heteroatoms. The average Bonchev–Trinajstić information content (AvgIpc) is 2.28. The molecule has 0 saturated heterocycles. The molecule has 0 amide bonds. The Morgan fingerprint density at radius 3 is 1.60 bits per heavy atom. The molecule has 15 heavy (non-hydrogen) atoms. The zero-order valence-electron chi connectivity index (χ0n) is 8.67. The highest BCUT2D eigenvalue weighted by atomic mass is 16.8. The van der Waals surface area contributed by atoms with Gasteiger partial charge >= 0.3 is 0 Å². The fourth-order valence-corrected chi connectivity index (χ4v) is 0.796. The summed E-state index contributed by atoms with van der Waals surface area (Å²) in [7, 11) is 0. The van der Waals surface area contributed by atoms with Crippen LogP contribution in [-0.4, -0.2) is 49.2 Å². The van der Waals surface area contributed by atoms with Crippen molar-refractivity contribution in [2.75, 3.05) is 26.4 Å². The van der Waals surface area contributed by atoms with Crippen LogP contribution in [0.25, 0.3) is 0 Å². The summed E-state index contributed by atoms with van der Waals surface area (Å²) in [6.45, 7) is 7.14. The largest absolute Gasteiger partial charge is 0.394 e. The zero-order chi connectivity index (χ0) is 11.5. The van der Waals surface area contributed by atoms with Gasteiger partial charge in [0.1, 0.15) is 0 Å². The molecule has 5 nitrogen and oxygen atoms in total. The maximum atomic E-state index is 8.54. The fourth-order valence-electron chi connectivity index (χ4n) is 0.796. The van der Waals surface area contributed by atoms with Crippen molar-refractivity contribution in [2.24, 2.45) is 0 Å². The third-order valence-corrected chi connectivity index (χ3v) is 1.40. The smallest absolute Gasteiger partial charge is 0.180 e. The highest BCUT2D eigenvalue weighted by Gasteiger charge is 2.11. The van der Waals surface area contributed by atoms with E-state index in [4.69, 9.17) is 24.4 Å². The van der Waals surface area contributed by atoms with Gasteiger partial charge in [0, 0.05) is 0 Å². The lowest BCUT2D eigenvalue weighted by Crippen LogP contribution is -2.25. The van der Waals surface area contributed by atoms with Gasteiger partial charge in [0.25, 0.3) is 0 Å². The quantitative estimate of drug-likeness (QED) is 0.400. The molecule has 0 heterocycles. The molecule has 0 aromatic carbocycles. The third-order valence-electron chi connectivity index (χ3n) is 1.40. The molecule has 2 unspecified atom stereocenters. The Morgan fingerprint density at radius 1 is 0.933 bits per heavy atom. The van der Waals surface area contributed by atoms with E-state index in [1.165, 1.54) is 12.2 Å². The van der Waals surface area contributed by atoms with E-state index < -0.39 is 12.6 Å². The van der Waals surface area contributed by atoms with E-state index in [1.54, 1.807) is 0 Å². The van der Waals surface area contributed by atoms with E-state index in [0.29, 0.717) is 0 Å². The maximum absolute atomic E-state index is 8.54. The van der Waals surface area contributed by atoms with Crippen LogP contribution in [0.3, 0.4) is 0 Å². The van der Waals surface area contributed by atoms with Crippen LogP contribution in [0.5, 0.6) is 0 Å². The molecule has 0 aliphatic carbocycles. The van der Waals surface area contributed by atoms with Crippen molar-refractivity contribution in [2.45, 2.75) is 12.6 Å². The van der Waals surface area contributed by atoms with Crippen molar-refractivity contribution in [1.82, 2.24) is 0 Å². The van der Waals surface area contributed by atoms with Crippen molar-refractivity contribution in [3.8, 4) is 0 Å². The lowest BCUT2D eigenvalue weighted by atomic mass is 10.5. The van der Waals surface area contributed by atoms with Gasteiger partial charge in [-0.05, 0) is 12.2 Å². The van der Waals surface area contributed by atoms with Crippen LogP contribution in [0.1, 0.15) is 0 Å². The Kier molecular flexibility index (Phi) is 9.35. The Balaban J connectivity index is 3.88. The minimum absolute atomic E-state index is 0.0933. The second-order valence-electron chi connectivity index (χ2n) is 2.53. The van der Waals surface area contributed by atoms with Gasteiger partial charge in [0.05, 0.1) is 26.4 Å². The number of ether oxygens (including phenoxy) is 3. The summed E-state index contributed by atoms with van der Waals surface area (Å²) >= 11 is 0. The van der Waals surface area contributed by atoms with Crippen molar-refractivity contribution >= 4 is 0 Å². The van der Waals surface area contributed by atoms with Gasteiger partial charge in [0.2, 0.25) is 0 Å². The van der Waals surface area contributed by atoms with Crippen molar-refractivity contribution in [3.05, 3.63) is 25.3 Å². The second kappa shape index (κ2) is 9.82. The number of hydrogen-bond donors (Lipinski definition) is 2. The third kappa shape index (κ3) is 7.24. The minimum Gasteiger partial charge on any atom is -0.394 e. The van der Waals surface area contributed by atoms with Gasteiger partial charge in [-0.15, -0.1) is 0 Å². The summed E-state index contributed by atoms with van der Waals surface area (Å²) in [6.07, 6.45) is 1.54. The summed E-state index contributed by atoms with van der Waals surface area (Å²) < 4.78 is 15.4. The number of rotatable bonds is 10. The van der Waals surface area contributed by atoms with Crippen LogP contribution in [-0.2, 0) is 14.2 Å². The SMILES string of the molecule is C=CC(OCCO)OC(C=C)OCCO. The van der Waals surface area contributed by atoms with E-state index >= 15 is 0 Å². The average molecular weight is 218 g/mol. The molecule has 0 aromatic heterocycles. The van der Waals surface area contributed by atoms with Crippen molar-refractivity contribution in [1.29, 1.82) is 0 Å². The van der Waals surface area contributed by atoms with E-state index in [0.717, 1.165) is 0 Å². The van der Waals surface area contributed by atoms with Crippen LogP contribution in [0.2, 0.25) is 0 Å². The maximum Gasteiger partial charge on any atom is 0.180 e. The first-order valence-electron chi connectivity index (χ1n) is 4.64. The molecular weight excluding hydrogens is 200 g/mol. The summed E-state index contributed by atoms with van der Waals surface area (Å²) in [4.78, 5) is 0. The van der Waals surface area contributed by atoms with Crippen LogP contribution in [0.15, 0.2) is 25.3 Å². The molecule has 2 N–H and O–H groups in total. The molecule has 2 atom stereocenters. The van der Waals surface area contributed by atoms with Gasteiger partial charge in [-0.1, -0.05) is 13.2 Å². The van der Waals surface area contributed by atoms with Gasteiger partial charge < -0.3 is 24.4 Å². The van der Waals surface area contributed by atoms with Gasteiger partial charge in [-0.2, -0.15) is 0 Å². The lowest BCUT2D eigenvalue weighted by molar-refractivity contribution is -0.211. The predicted octanol–water partition coefficient (Wildman–Crippen LogP) is 0.0450. The van der Waals surface area contributed by atoms with E-state index in [1.807, 2.05) is 0 Å². The van der Waals surface area contributed by atoms with E-state index in [9.17, 15) is 0 Å². The number of aliphatic hydroxyl groups excluding tert-OH is 2. The summed E-state index contributed by atoms with van der Waals surface area (Å²) in [5.74, 6) is 0. The van der Waals surface area contributed by atoms with Crippen LogP contribution in [0.4, 0.5) is 0 Å². The molecule has 0 radical (unpaired) electrons. The van der Waals surface area contributed by atoms with E-state index in [2.05, 4.69) is 13.2 Å². The predicted molar refractivity (Wildman–Crippen MR) is 55.1 cm³/mol. The topological polar surface area (TPSA) is 68.2 Å². The van der Waals surface area contributed by atoms with Crippen LogP contribution >= 0.6 is 0 Å². The molecule has 0 aliphatic heterocycles. The minimum atomic E-state index is -0.668. The van der Waals surface area contributed by atoms with Crippen LogP contribution in [0, 0.1) is 0 Å². The first-order valence-corrected chi connectivity index (χ1v) is 4.64. The summed E-state index contributed by atoms with van der Waals surface area (Å²) in [6, 6.07) is 0. The molecule has 0 aromatic rings. The van der Waals surface area contributed by atoms with Gasteiger partial charge in [-0.3, -0.25) is 0 Å². The normalized spacial score (nSPS) is 14.5. The first kappa shape index (κ1) is 14.3. The molecule has 0 rings (SSSR count). The number of aliphatic hydroxyl groups is 2. The molecule has 0 spiro atoms. The monoisotopic (exact) mass is 218 g/mol. The molecule has 0 aliphatic rings. The van der Waals surface area contributed by atoms with Gasteiger partial charge in [0.15, 0.2) is 12.6 Å². The molecular formula is C10H18O5.